The van der Waals surface area contributed by atoms with E-state index < -0.39 is 10.0 Å². The minimum Gasteiger partial charge on any atom is -0.492 e. The number of carbonyl (C=O) groups excluding carboxylic acids is 1. The average Bonchev–Trinajstić information content (AvgIpc) is 2.73. The predicted molar refractivity (Wildman–Crippen MR) is 111 cm³/mol. The third kappa shape index (κ3) is 5.91. The minimum atomic E-state index is -3.73. The summed E-state index contributed by atoms with van der Waals surface area (Å²) in [7, 11) is -3.73. The monoisotopic (exact) mass is 410 g/mol. The Kier molecular flexibility index (Phi) is 6.64. The summed E-state index contributed by atoms with van der Waals surface area (Å²) < 4.78 is 28.4. The smallest absolute Gasteiger partial charge is 0.255 e. The van der Waals surface area contributed by atoms with Crippen molar-refractivity contribution in [3.63, 3.8) is 0 Å². The predicted octanol–water partition coefficient (Wildman–Crippen LogP) is 2.89. The Labute approximate surface area is 170 Å². The van der Waals surface area contributed by atoms with Gasteiger partial charge in [-0.3, -0.25) is 4.79 Å². The maximum absolute atomic E-state index is 12.6. The minimum absolute atomic E-state index is 0.0322. The molecule has 0 aliphatic rings. The number of hydrogen-bond acceptors (Lipinski definition) is 4. The van der Waals surface area contributed by atoms with Crippen LogP contribution < -0.4 is 15.2 Å². The van der Waals surface area contributed by atoms with Crippen molar-refractivity contribution in [2.45, 2.75) is 17.9 Å². The average molecular weight is 410 g/mol. The van der Waals surface area contributed by atoms with Crippen molar-refractivity contribution >= 4 is 15.9 Å². The first-order valence-corrected chi connectivity index (χ1v) is 10.6. The van der Waals surface area contributed by atoms with Gasteiger partial charge < -0.3 is 10.1 Å². The number of nitrogens with two attached hydrogens (primary N) is 1. The van der Waals surface area contributed by atoms with Crippen molar-refractivity contribution in [1.82, 2.24) is 5.32 Å². The maximum atomic E-state index is 12.6. The number of benzene rings is 3. The van der Waals surface area contributed by atoms with E-state index >= 15 is 0 Å². The Bertz CT molecular complexity index is 1070. The van der Waals surface area contributed by atoms with Crippen LogP contribution in [0.4, 0.5) is 0 Å². The second-order valence-electron chi connectivity index (χ2n) is 6.45. The zero-order valence-corrected chi connectivity index (χ0v) is 16.6. The lowest BCUT2D eigenvalue weighted by molar-refractivity contribution is 0.0947. The summed E-state index contributed by atoms with van der Waals surface area (Å²) in [4.78, 5) is 12.6. The fourth-order valence-corrected chi connectivity index (χ4v) is 3.29. The van der Waals surface area contributed by atoms with Gasteiger partial charge >= 0.3 is 0 Å². The van der Waals surface area contributed by atoms with Gasteiger partial charge in [0, 0.05) is 13.0 Å². The van der Waals surface area contributed by atoms with Crippen molar-refractivity contribution in [2.75, 3.05) is 6.61 Å². The number of carbonyl (C=O) groups is 1. The van der Waals surface area contributed by atoms with Crippen LogP contribution in [-0.4, -0.2) is 20.9 Å². The molecule has 0 spiro atoms. The molecule has 0 atom stereocenters. The van der Waals surface area contributed by atoms with Crippen LogP contribution in [0.1, 0.15) is 21.5 Å². The Morgan fingerprint density at radius 2 is 1.52 bits per heavy atom. The van der Waals surface area contributed by atoms with Crippen LogP contribution >= 0.6 is 0 Å². The number of primary sulfonamides is 1. The molecule has 0 unspecified atom stereocenters. The van der Waals surface area contributed by atoms with Crippen LogP contribution in [0.25, 0.3) is 0 Å². The molecule has 6 nitrogen and oxygen atoms in total. The van der Waals surface area contributed by atoms with Crippen molar-refractivity contribution in [3.8, 4) is 5.75 Å². The van der Waals surface area contributed by atoms with Crippen molar-refractivity contribution in [1.29, 1.82) is 0 Å². The highest BCUT2D eigenvalue weighted by atomic mass is 32.2. The summed E-state index contributed by atoms with van der Waals surface area (Å²) >= 11 is 0. The largest absolute Gasteiger partial charge is 0.492 e. The first-order chi connectivity index (χ1) is 13.9. The summed E-state index contributed by atoms with van der Waals surface area (Å²) in [5.74, 6) is 0.251. The van der Waals surface area contributed by atoms with Crippen LogP contribution in [0, 0.1) is 0 Å². The molecule has 3 aromatic rings. The van der Waals surface area contributed by atoms with Crippen LogP contribution in [-0.2, 0) is 23.0 Å². The highest BCUT2D eigenvalue weighted by Crippen LogP contribution is 2.18. The first-order valence-electron chi connectivity index (χ1n) is 9.09. The zero-order valence-electron chi connectivity index (χ0n) is 15.7. The second kappa shape index (κ2) is 9.36. The van der Waals surface area contributed by atoms with Gasteiger partial charge in [0.2, 0.25) is 10.0 Å². The van der Waals surface area contributed by atoms with Gasteiger partial charge in [0.15, 0.2) is 0 Å². The number of nitrogens with one attached hydrogen (secondary N) is 1. The van der Waals surface area contributed by atoms with Crippen molar-refractivity contribution in [3.05, 3.63) is 95.6 Å². The SMILES string of the molecule is NS(=O)(=O)c1ccc(CNC(=O)c2ccccc2OCCc2ccccc2)cc1. The molecule has 3 aromatic carbocycles. The Morgan fingerprint density at radius 1 is 0.862 bits per heavy atom. The van der Waals surface area contributed by atoms with Gasteiger partial charge in [0.25, 0.3) is 5.91 Å². The molecule has 0 radical (unpaired) electrons. The normalized spacial score (nSPS) is 11.1. The van der Waals surface area contributed by atoms with Crippen LogP contribution in [0.2, 0.25) is 0 Å². The molecule has 0 saturated carbocycles. The molecular weight excluding hydrogens is 388 g/mol. The lowest BCUT2D eigenvalue weighted by atomic mass is 10.1. The molecule has 150 valence electrons. The van der Waals surface area contributed by atoms with E-state index in [1.54, 1.807) is 30.3 Å². The summed E-state index contributed by atoms with van der Waals surface area (Å²) in [5.41, 5.74) is 2.37. The second-order valence-corrected chi connectivity index (χ2v) is 8.01. The summed E-state index contributed by atoms with van der Waals surface area (Å²) in [6.07, 6.45) is 0.743. The van der Waals surface area contributed by atoms with E-state index in [-0.39, 0.29) is 17.3 Å². The van der Waals surface area contributed by atoms with Gasteiger partial charge in [-0.2, -0.15) is 0 Å². The number of hydrogen-bond donors (Lipinski definition) is 2. The topological polar surface area (TPSA) is 98.5 Å². The van der Waals surface area contributed by atoms with Gasteiger partial charge in [-0.05, 0) is 35.4 Å². The summed E-state index contributed by atoms with van der Waals surface area (Å²) in [6.45, 7) is 0.714. The van der Waals surface area contributed by atoms with E-state index in [9.17, 15) is 13.2 Å². The van der Waals surface area contributed by atoms with Gasteiger partial charge in [-0.25, -0.2) is 13.6 Å². The van der Waals surface area contributed by atoms with E-state index in [4.69, 9.17) is 9.88 Å². The molecule has 0 aliphatic carbocycles. The standard InChI is InChI=1S/C22H22N2O4S/c23-29(26,27)19-12-10-18(11-13-19)16-24-22(25)20-8-4-5-9-21(20)28-15-14-17-6-2-1-3-7-17/h1-13H,14-16H2,(H,24,25)(H2,23,26,27). The van der Waals surface area contributed by atoms with E-state index in [0.717, 1.165) is 17.5 Å². The summed E-state index contributed by atoms with van der Waals surface area (Å²) in [5, 5.41) is 7.91. The molecule has 0 aromatic heterocycles. The van der Waals surface area contributed by atoms with Gasteiger partial charge in [-0.1, -0.05) is 54.6 Å². The third-order valence-corrected chi connectivity index (χ3v) is 5.26. The quantitative estimate of drug-likeness (QED) is 0.596. The highest BCUT2D eigenvalue weighted by molar-refractivity contribution is 7.89. The number of sulfonamides is 1. The van der Waals surface area contributed by atoms with E-state index in [1.807, 2.05) is 36.4 Å². The molecular formula is C22H22N2O4S. The Balaban J connectivity index is 1.59. The van der Waals surface area contributed by atoms with E-state index in [0.29, 0.717) is 17.9 Å². The fourth-order valence-electron chi connectivity index (χ4n) is 2.78. The number of rotatable bonds is 8. The highest BCUT2D eigenvalue weighted by Gasteiger charge is 2.12. The van der Waals surface area contributed by atoms with E-state index in [2.05, 4.69) is 5.32 Å². The lowest BCUT2D eigenvalue weighted by Gasteiger charge is -2.12. The van der Waals surface area contributed by atoms with Crippen LogP contribution in [0.5, 0.6) is 5.75 Å². The van der Waals surface area contributed by atoms with Gasteiger partial charge in [0.05, 0.1) is 17.1 Å². The molecule has 0 bridgehead atoms. The molecule has 29 heavy (non-hydrogen) atoms. The molecule has 1 amide bonds. The zero-order chi connectivity index (χ0) is 20.7. The first kappa shape index (κ1) is 20.6. The Hall–Kier alpha value is -3.16. The van der Waals surface area contributed by atoms with E-state index in [1.165, 1.54) is 12.1 Å². The summed E-state index contributed by atoms with van der Waals surface area (Å²) in [6, 6.07) is 23.1. The molecule has 3 rings (SSSR count). The van der Waals surface area contributed by atoms with Gasteiger partial charge in [-0.15, -0.1) is 0 Å². The van der Waals surface area contributed by atoms with Crippen molar-refractivity contribution in [2.24, 2.45) is 5.14 Å². The number of para-hydroxylation sites is 1. The lowest BCUT2D eigenvalue weighted by Crippen LogP contribution is -2.23. The van der Waals surface area contributed by atoms with Crippen molar-refractivity contribution < 1.29 is 17.9 Å². The van der Waals surface area contributed by atoms with Crippen LogP contribution in [0.3, 0.4) is 0 Å². The fraction of sp³-hybridized carbons (Fsp3) is 0.136. The molecule has 0 saturated heterocycles. The third-order valence-electron chi connectivity index (χ3n) is 4.33. The Morgan fingerprint density at radius 3 is 2.21 bits per heavy atom. The number of ether oxygens (including phenoxy) is 1. The molecule has 0 fully saturated rings. The molecule has 7 heteroatoms. The maximum Gasteiger partial charge on any atom is 0.255 e. The number of amides is 1. The van der Waals surface area contributed by atoms with Gasteiger partial charge in [0.1, 0.15) is 5.75 Å². The molecule has 0 heterocycles. The molecule has 0 aliphatic heterocycles. The molecule has 3 N–H and O–H groups in total. The van der Waals surface area contributed by atoms with Crippen LogP contribution in [0.15, 0.2) is 83.8 Å².